The summed E-state index contributed by atoms with van der Waals surface area (Å²) in [4.78, 5) is 26.9. The number of rotatable bonds is 4. The molecule has 6 nitrogen and oxygen atoms in total. The Morgan fingerprint density at radius 1 is 1.15 bits per heavy atom. The number of carbonyl (C=O) groups excluding carboxylic acids is 2. The molecule has 26 heavy (non-hydrogen) atoms. The predicted molar refractivity (Wildman–Crippen MR) is 103 cm³/mol. The van der Waals surface area contributed by atoms with Crippen LogP contribution in [0.3, 0.4) is 0 Å². The summed E-state index contributed by atoms with van der Waals surface area (Å²) >= 11 is 3.35. The molecular formula is C19H19BrN2O4. The number of hydrogen-bond donors (Lipinski definition) is 1. The van der Waals surface area contributed by atoms with Crippen molar-refractivity contribution in [3.63, 3.8) is 0 Å². The van der Waals surface area contributed by atoms with Gasteiger partial charge in [0.1, 0.15) is 0 Å². The Kier molecular flexibility index (Phi) is 5.90. The van der Waals surface area contributed by atoms with Crippen LogP contribution in [0.1, 0.15) is 20.7 Å². The lowest BCUT2D eigenvalue weighted by molar-refractivity contribution is 0.0602. The average Bonchev–Trinajstić information content (AvgIpc) is 2.68. The van der Waals surface area contributed by atoms with Crippen molar-refractivity contribution in [2.75, 3.05) is 43.6 Å². The molecule has 0 atom stereocenters. The maximum atomic E-state index is 12.5. The molecular weight excluding hydrogens is 400 g/mol. The number of methoxy groups -OCH3 is 1. The standard InChI is InChI=1S/C19H19BrN2O4/c1-25-19(24)16-12-15(22-7-9-26-10-8-22)5-6-17(16)21-18(23)13-3-2-4-14(20)11-13/h2-6,11-12H,7-10H2,1H3,(H,21,23). The summed E-state index contributed by atoms with van der Waals surface area (Å²) in [5.74, 6) is -0.791. The van der Waals surface area contributed by atoms with Crippen LogP contribution in [0.4, 0.5) is 11.4 Å². The Bertz CT molecular complexity index is 819. The molecule has 136 valence electrons. The largest absolute Gasteiger partial charge is 0.465 e. The van der Waals surface area contributed by atoms with E-state index in [1.165, 1.54) is 7.11 Å². The van der Waals surface area contributed by atoms with Gasteiger partial charge in [-0.05, 0) is 36.4 Å². The summed E-state index contributed by atoms with van der Waals surface area (Å²) in [6, 6.07) is 12.4. The maximum absolute atomic E-state index is 12.5. The Labute approximate surface area is 160 Å². The summed E-state index contributed by atoms with van der Waals surface area (Å²) in [6.07, 6.45) is 0. The molecule has 1 aliphatic heterocycles. The zero-order valence-electron chi connectivity index (χ0n) is 14.3. The van der Waals surface area contributed by atoms with E-state index >= 15 is 0 Å². The van der Waals surface area contributed by atoms with E-state index in [0.29, 0.717) is 30.0 Å². The number of halogens is 1. The summed E-state index contributed by atoms with van der Waals surface area (Å²) in [5.41, 5.74) is 2.13. The molecule has 3 rings (SSSR count). The van der Waals surface area contributed by atoms with Crippen LogP contribution >= 0.6 is 15.9 Å². The first-order valence-electron chi connectivity index (χ1n) is 8.20. The molecule has 2 aromatic rings. The molecule has 1 N–H and O–H groups in total. The number of carbonyl (C=O) groups is 2. The second-order valence-corrected chi connectivity index (χ2v) is 6.70. The van der Waals surface area contributed by atoms with Gasteiger partial charge < -0.3 is 19.7 Å². The summed E-state index contributed by atoms with van der Waals surface area (Å²) < 4.78 is 11.1. The van der Waals surface area contributed by atoms with Gasteiger partial charge >= 0.3 is 5.97 Å². The van der Waals surface area contributed by atoms with Gasteiger partial charge in [0, 0.05) is 28.8 Å². The van der Waals surface area contributed by atoms with Crippen LogP contribution in [0.25, 0.3) is 0 Å². The number of nitrogens with zero attached hydrogens (tertiary/aromatic N) is 1. The van der Waals surface area contributed by atoms with Gasteiger partial charge in [-0.1, -0.05) is 22.0 Å². The van der Waals surface area contributed by atoms with Gasteiger partial charge in [0.15, 0.2) is 0 Å². The fourth-order valence-corrected chi connectivity index (χ4v) is 3.16. The summed E-state index contributed by atoms with van der Waals surface area (Å²) in [6.45, 7) is 2.80. The van der Waals surface area contributed by atoms with Gasteiger partial charge in [0.2, 0.25) is 0 Å². The predicted octanol–water partition coefficient (Wildman–Crippen LogP) is 3.32. The highest BCUT2D eigenvalue weighted by Crippen LogP contribution is 2.25. The first-order chi connectivity index (χ1) is 12.6. The first kappa shape index (κ1) is 18.4. The molecule has 0 saturated carbocycles. The molecule has 1 saturated heterocycles. The molecule has 0 spiro atoms. The minimum atomic E-state index is -0.496. The topological polar surface area (TPSA) is 67.9 Å². The van der Waals surface area contributed by atoms with Gasteiger partial charge in [-0.2, -0.15) is 0 Å². The van der Waals surface area contributed by atoms with Gasteiger partial charge in [-0.15, -0.1) is 0 Å². The van der Waals surface area contributed by atoms with Gasteiger partial charge in [-0.25, -0.2) is 4.79 Å². The van der Waals surface area contributed by atoms with E-state index in [4.69, 9.17) is 9.47 Å². The lowest BCUT2D eigenvalue weighted by Crippen LogP contribution is -2.36. The molecule has 7 heteroatoms. The van der Waals surface area contributed by atoms with Crippen molar-refractivity contribution >= 4 is 39.2 Å². The van der Waals surface area contributed by atoms with Crippen molar-refractivity contribution < 1.29 is 19.1 Å². The number of amides is 1. The fraction of sp³-hybridized carbons (Fsp3) is 0.263. The number of nitrogens with one attached hydrogen (secondary N) is 1. The van der Waals surface area contributed by atoms with Crippen LogP contribution in [0.15, 0.2) is 46.9 Å². The molecule has 0 unspecified atom stereocenters. The average molecular weight is 419 g/mol. The molecule has 0 bridgehead atoms. The zero-order chi connectivity index (χ0) is 18.5. The highest BCUT2D eigenvalue weighted by atomic mass is 79.9. The highest BCUT2D eigenvalue weighted by molar-refractivity contribution is 9.10. The number of hydrogen-bond acceptors (Lipinski definition) is 5. The Morgan fingerprint density at radius 2 is 1.92 bits per heavy atom. The molecule has 1 amide bonds. The number of esters is 1. The Morgan fingerprint density at radius 3 is 2.62 bits per heavy atom. The van der Waals surface area contributed by atoms with Crippen molar-refractivity contribution in [2.24, 2.45) is 0 Å². The van der Waals surface area contributed by atoms with E-state index < -0.39 is 5.97 Å². The van der Waals surface area contributed by atoms with Crippen molar-refractivity contribution in [1.29, 1.82) is 0 Å². The smallest absolute Gasteiger partial charge is 0.340 e. The normalized spacial score (nSPS) is 14.0. The van der Waals surface area contributed by atoms with E-state index in [-0.39, 0.29) is 5.91 Å². The molecule has 0 radical (unpaired) electrons. The highest BCUT2D eigenvalue weighted by Gasteiger charge is 2.19. The molecule has 0 aromatic heterocycles. The molecule has 1 aliphatic rings. The Hall–Kier alpha value is -2.38. The third-order valence-electron chi connectivity index (χ3n) is 4.12. The van der Waals surface area contributed by atoms with Crippen molar-refractivity contribution in [2.45, 2.75) is 0 Å². The van der Waals surface area contributed by atoms with Crippen molar-refractivity contribution in [3.8, 4) is 0 Å². The minimum Gasteiger partial charge on any atom is -0.465 e. The summed E-state index contributed by atoms with van der Waals surface area (Å²) in [5, 5.41) is 2.80. The third kappa shape index (κ3) is 4.23. The van der Waals surface area contributed by atoms with Crippen LogP contribution < -0.4 is 10.2 Å². The van der Waals surface area contributed by atoms with Crippen LogP contribution in [0, 0.1) is 0 Å². The van der Waals surface area contributed by atoms with Crippen LogP contribution in [0.5, 0.6) is 0 Å². The zero-order valence-corrected chi connectivity index (χ0v) is 15.9. The molecule has 1 heterocycles. The van der Waals surface area contributed by atoms with Crippen molar-refractivity contribution in [3.05, 3.63) is 58.1 Å². The lowest BCUT2D eigenvalue weighted by atomic mass is 10.1. The first-order valence-corrected chi connectivity index (χ1v) is 9.00. The molecule has 2 aromatic carbocycles. The molecule has 0 aliphatic carbocycles. The van der Waals surface area contributed by atoms with E-state index in [1.54, 1.807) is 30.3 Å². The maximum Gasteiger partial charge on any atom is 0.340 e. The Balaban J connectivity index is 1.88. The quantitative estimate of drug-likeness (QED) is 0.771. The van der Waals surface area contributed by atoms with Gasteiger partial charge in [-0.3, -0.25) is 4.79 Å². The number of benzene rings is 2. The SMILES string of the molecule is COC(=O)c1cc(N2CCOCC2)ccc1NC(=O)c1cccc(Br)c1. The summed E-state index contributed by atoms with van der Waals surface area (Å²) in [7, 11) is 1.32. The van der Waals surface area contributed by atoms with Crippen LogP contribution in [0.2, 0.25) is 0 Å². The second kappa shape index (κ2) is 8.33. The fourth-order valence-electron chi connectivity index (χ4n) is 2.76. The lowest BCUT2D eigenvalue weighted by Gasteiger charge is -2.29. The number of morpholine rings is 1. The van der Waals surface area contributed by atoms with E-state index in [9.17, 15) is 9.59 Å². The minimum absolute atomic E-state index is 0.296. The van der Waals surface area contributed by atoms with Crippen LogP contribution in [-0.2, 0) is 9.47 Å². The van der Waals surface area contributed by atoms with Crippen LogP contribution in [-0.4, -0.2) is 45.3 Å². The van der Waals surface area contributed by atoms with E-state index in [0.717, 1.165) is 23.2 Å². The van der Waals surface area contributed by atoms with Crippen molar-refractivity contribution in [1.82, 2.24) is 0 Å². The third-order valence-corrected chi connectivity index (χ3v) is 4.61. The van der Waals surface area contributed by atoms with Gasteiger partial charge in [0.05, 0.1) is 31.6 Å². The van der Waals surface area contributed by atoms with E-state index in [2.05, 4.69) is 26.1 Å². The molecule has 1 fully saturated rings. The van der Waals surface area contributed by atoms with E-state index in [1.807, 2.05) is 12.1 Å². The number of anilines is 2. The second-order valence-electron chi connectivity index (χ2n) is 5.79. The monoisotopic (exact) mass is 418 g/mol. The van der Waals surface area contributed by atoms with Gasteiger partial charge in [0.25, 0.3) is 5.91 Å². The number of ether oxygens (including phenoxy) is 2.